The Bertz CT molecular complexity index is 603. The molecular formula is C20H28O6. The summed E-state index contributed by atoms with van der Waals surface area (Å²) < 4.78 is 9.91. The fraction of sp³-hybridized carbons (Fsp3) is 0.550. The van der Waals surface area contributed by atoms with Crippen LogP contribution in [0.25, 0.3) is 0 Å². The van der Waals surface area contributed by atoms with Crippen LogP contribution in [0.1, 0.15) is 40.0 Å². The molecule has 2 saturated carbocycles. The predicted molar refractivity (Wildman–Crippen MR) is 97.2 cm³/mol. The number of hydrogen-bond donors (Lipinski definition) is 1. The number of carbonyl (C=O) groups is 3. The minimum atomic E-state index is -1.18. The zero-order valence-corrected chi connectivity index (χ0v) is 15.7. The fourth-order valence-electron chi connectivity index (χ4n) is 3.83. The molecule has 3 unspecified atom stereocenters. The van der Waals surface area contributed by atoms with Gasteiger partial charge in [-0.2, -0.15) is 0 Å². The van der Waals surface area contributed by atoms with E-state index in [1.807, 2.05) is 0 Å². The van der Waals surface area contributed by atoms with Crippen molar-refractivity contribution in [2.75, 3.05) is 6.61 Å². The predicted octanol–water partition coefficient (Wildman–Crippen LogP) is 3.29. The fourth-order valence-corrected chi connectivity index (χ4v) is 3.83. The molecule has 2 rings (SSSR count). The van der Waals surface area contributed by atoms with Gasteiger partial charge in [0, 0.05) is 23.6 Å². The van der Waals surface area contributed by atoms with Crippen LogP contribution in [0.3, 0.4) is 0 Å². The second-order valence-electron chi connectivity index (χ2n) is 7.33. The molecule has 0 spiro atoms. The number of carboxylic acids is 1. The van der Waals surface area contributed by atoms with Crippen molar-refractivity contribution < 1.29 is 29.0 Å². The van der Waals surface area contributed by atoms with Gasteiger partial charge in [0.1, 0.15) is 12.7 Å². The molecule has 2 aliphatic carbocycles. The largest absolute Gasteiger partial charge is 0.478 e. The van der Waals surface area contributed by atoms with Crippen molar-refractivity contribution in [3.63, 3.8) is 0 Å². The highest BCUT2D eigenvalue weighted by Gasteiger charge is 2.62. The van der Waals surface area contributed by atoms with Crippen LogP contribution >= 0.6 is 0 Å². The van der Waals surface area contributed by atoms with Gasteiger partial charge < -0.3 is 14.6 Å². The van der Waals surface area contributed by atoms with Crippen LogP contribution in [0.2, 0.25) is 0 Å². The maximum Gasteiger partial charge on any atom is 0.331 e. The highest BCUT2D eigenvalue weighted by atomic mass is 16.5. The van der Waals surface area contributed by atoms with Gasteiger partial charge in [0.2, 0.25) is 0 Å². The van der Waals surface area contributed by atoms with Crippen molar-refractivity contribution in [2.24, 2.45) is 16.7 Å². The van der Waals surface area contributed by atoms with Crippen LogP contribution in [0.5, 0.6) is 0 Å². The smallest absolute Gasteiger partial charge is 0.331 e. The molecule has 0 aromatic rings. The molecule has 6 nitrogen and oxygen atoms in total. The molecule has 0 amide bonds. The van der Waals surface area contributed by atoms with Crippen molar-refractivity contribution in [3.05, 3.63) is 37.5 Å². The van der Waals surface area contributed by atoms with E-state index in [0.29, 0.717) is 17.4 Å². The van der Waals surface area contributed by atoms with E-state index < -0.39 is 11.9 Å². The highest BCUT2D eigenvalue weighted by Crippen LogP contribution is 2.66. The third kappa shape index (κ3) is 4.84. The number of carbonyl (C=O) groups excluding carboxylic acids is 2. The molecule has 2 aliphatic rings. The average Bonchev–Trinajstić information content (AvgIpc) is 2.92. The Morgan fingerprint density at radius 3 is 2.23 bits per heavy atom. The summed E-state index contributed by atoms with van der Waals surface area (Å²) in [7, 11) is 0. The van der Waals surface area contributed by atoms with Gasteiger partial charge >= 0.3 is 17.9 Å². The van der Waals surface area contributed by atoms with Gasteiger partial charge in [0.05, 0.1) is 0 Å². The summed E-state index contributed by atoms with van der Waals surface area (Å²) in [5.74, 6) is -1.43. The SMILES string of the molecule is C=CC(=O)OC1CC2CCC1(C)C2(C)C.C=CCOC(=O)/C=C\C(=O)O. The molecule has 0 saturated heterocycles. The van der Waals surface area contributed by atoms with E-state index in [2.05, 4.69) is 38.7 Å². The Kier molecular flexibility index (Phi) is 7.36. The summed E-state index contributed by atoms with van der Waals surface area (Å²) in [4.78, 5) is 31.6. The number of fused-ring (bicyclic) bond motifs is 2. The van der Waals surface area contributed by atoms with Crippen molar-refractivity contribution in [1.29, 1.82) is 0 Å². The summed E-state index contributed by atoms with van der Waals surface area (Å²) >= 11 is 0. The molecule has 0 aromatic heterocycles. The lowest BCUT2D eigenvalue weighted by atomic mass is 9.70. The molecule has 1 N–H and O–H groups in total. The van der Waals surface area contributed by atoms with E-state index in [4.69, 9.17) is 9.84 Å². The van der Waals surface area contributed by atoms with Gasteiger partial charge in [-0.15, -0.1) is 0 Å². The summed E-state index contributed by atoms with van der Waals surface area (Å²) in [6.07, 6.45) is 7.80. The minimum Gasteiger partial charge on any atom is -0.478 e. The number of carboxylic acid groups (broad SMARTS) is 1. The molecule has 6 heteroatoms. The third-order valence-corrected chi connectivity index (χ3v) is 5.84. The highest BCUT2D eigenvalue weighted by molar-refractivity contribution is 5.90. The van der Waals surface area contributed by atoms with E-state index in [1.165, 1.54) is 25.0 Å². The Labute approximate surface area is 154 Å². The Morgan fingerprint density at radius 2 is 1.81 bits per heavy atom. The standard InChI is InChI=1S/C13H20O2.C7H8O4/c1-5-11(14)15-10-8-9-6-7-13(10,4)12(9,2)3;1-2-5-11-7(10)4-3-6(8)9/h5,9-10H,1,6-8H2,2-4H3;2-4H,1,5H2,(H,8,9)/b;4-3-. The van der Waals surface area contributed by atoms with E-state index in [0.717, 1.165) is 12.5 Å². The summed E-state index contributed by atoms with van der Waals surface area (Å²) in [6, 6.07) is 0. The van der Waals surface area contributed by atoms with Crippen molar-refractivity contribution in [3.8, 4) is 0 Å². The number of esters is 2. The first-order valence-corrected chi connectivity index (χ1v) is 8.60. The topological polar surface area (TPSA) is 89.9 Å². The van der Waals surface area contributed by atoms with E-state index >= 15 is 0 Å². The van der Waals surface area contributed by atoms with Crippen molar-refractivity contribution >= 4 is 17.9 Å². The van der Waals surface area contributed by atoms with Gasteiger partial charge in [0.15, 0.2) is 0 Å². The second-order valence-corrected chi connectivity index (χ2v) is 7.33. The van der Waals surface area contributed by atoms with E-state index in [9.17, 15) is 14.4 Å². The van der Waals surface area contributed by atoms with Crippen LogP contribution < -0.4 is 0 Å². The number of aliphatic carboxylic acids is 1. The van der Waals surface area contributed by atoms with Crippen LogP contribution in [0.15, 0.2) is 37.5 Å². The molecular weight excluding hydrogens is 336 g/mol. The molecule has 0 aliphatic heterocycles. The first-order valence-electron chi connectivity index (χ1n) is 8.60. The molecule has 0 heterocycles. The van der Waals surface area contributed by atoms with E-state index in [1.54, 1.807) is 0 Å². The summed E-state index contributed by atoms with van der Waals surface area (Å²) in [5, 5.41) is 8.07. The van der Waals surface area contributed by atoms with Gasteiger partial charge in [-0.25, -0.2) is 14.4 Å². The Balaban J connectivity index is 0.000000276. The van der Waals surface area contributed by atoms with Crippen LogP contribution in [0, 0.1) is 16.7 Å². The normalized spacial score (nSPS) is 28.0. The molecule has 2 fully saturated rings. The van der Waals surface area contributed by atoms with Gasteiger partial charge in [-0.05, 0) is 30.6 Å². The van der Waals surface area contributed by atoms with Crippen LogP contribution in [-0.2, 0) is 23.9 Å². The van der Waals surface area contributed by atoms with Gasteiger partial charge in [0.25, 0.3) is 0 Å². The molecule has 0 aromatic carbocycles. The average molecular weight is 364 g/mol. The van der Waals surface area contributed by atoms with Gasteiger partial charge in [-0.1, -0.05) is 40.0 Å². The van der Waals surface area contributed by atoms with Crippen molar-refractivity contribution in [1.82, 2.24) is 0 Å². The minimum absolute atomic E-state index is 0.0861. The molecule has 26 heavy (non-hydrogen) atoms. The zero-order chi connectivity index (χ0) is 20.0. The molecule has 2 bridgehead atoms. The second kappa shape index (κ2) is 8.83. The number of rotatable bonds is 6. The molecule has 0 radical (unpaired) electrons. The lowest BCUT2D eigenvalue weighted by Crippen LogP contribution is -2.38. The first-order chi connectivity index (χ1) is 12.1. The summed E-state index contributed by atoms with van der Waals surface area (Å²) in [5.41, 5.74) is 0.468. The maximum absolute atomic E-state index is 11.3. The lowest BCUT2D eigenvalue weighted by Gasteiger charge is -2.38. The number of hydrogen-bond acceptors (Lipinski definition) is 5. The van der Waals surface area contributed by atoms with Gasteiger partial charge in [-0.3, -0.25) is 0 Å². The maximum atomic E-state index is 11.3. The first kappa shape index (κ1) is 21.7. The van der Waals surface area contributed by atoms with Crippen molar-refractivity contribution in [2.45, 2.75) is 46.1 Å². The molecule has 144 valence electrons. The lowest BCUT2D eigenvalue weighted by molar-refractivity contribution is -0.150. The van der Waals surface area contributed by atoms with Crippen LogP contribution in [0.4, 0.5) is 0 Å². The van der Waals surface area contributed by atoms with Crippen LogP contribution in [-0.4, -0.2) is 35.7 Å². The monoisotopic (exact) mass is 364 g/mol. The Morgan fingerprint density at radius 1 is 1.15 bits per heavy atom. The quantitative estimate of drug-likeness (QED) is 0.442. The molecule has 3 atom stereocenters. The van der Waals surface area contributed by atoms with E-state index in [-0.39, 0.29) is 24.1 Å². The number of ether oxygens (including phenoxy) is 2. The summed E-state index contributed by atoms with van der Waals surface area (Å²) in [6.45, 7) is 13.7. The zero-order valence-electron chi connectivity index (χ0n) is 15.7. The third-order valence-electron chi connectivity index (χ3n) is 5.84. The Hall–Kier alpha value is -2.37.